The van der Waals surface area contributed by atoms with Crippen LogP contribution in [0.25, 0.3) is 0 Å². The molecule has 0 bridgehead atoms. The molecule has 104 valence electrons. The number of esters is 1. The molecular formula is C14H30O2SiZn. The van der Waals surface area contributed by atoms with Gasteiger partial charge in [-0.2, -0.15) is 6.42 Å². The average Bonchev–Trinajstić information content (AvgIpc) is 2.07. The molecule has 4 heteroatoms. The molecule has 0 spiro atoms. The first kappa shape index (κ1) is 23.4. The van der Waals surface area contributed by atoms with Gasteiger partial charge in [0, 0.05) is 0 Å². The van der Waals surface area contributed by atoms with Crippen LogP contribution in [-0.4, -0.2) is 20.7 Å². The molecule has 2 nitrogen and oxygen atoms in total. The van der Waals surface area contributed by atoms with Crippen LogP contribution in [0.15, 0.2) is 0 Å². The fourth-order valence-electron chi connectivity index (χ4n) is 0.660. The first-order valence-corrected chi connectivity index (χ1v) is 10.0. The van der Waals surface area contributed by atoms with Gasteiger partial charge >= 0.3 is 25.4 Å². The van der Waals surface area contributed by atoms with E-state index >= 15 is 0 Å². The summed E-state index contributed by atoms with van der Waals surface area (Å²) < 4.78 is 5.04. The number of unbranched alkanes of at least 4 members (excludes halogenated alkanes) is 2. The van der Waals surface area contributed by atoms with E-state index in [1.165, 1.54) is 0 Å². The van der Waals surface area contributed by atoms with Gasteiger partial charge in [-0.25, -0.2) is 0 Å². The summed E-state index contributed by atoms with van der Waals surface area (Å²) in [6, 6.07) is 0. The number of ether oxygens (including phenoxy) is 1. The van der Waals surface area contributed by atoms with E-state index in [4.69, 9.17) is 4.74 Å². The van der Waals surface area contributed by atoms with Crippen LogP contribution in [0.5, 0.6) is 0 Å². The Morgan fingerprint density at radius 1 is 1.17 bits per heavy atom. The van der Waals surface area contributed by atoms with Crippen LogP contribution >= 0.6 is 0 Å². The van der Waals surface area contributed by atoms with E-state index in [2.05, 4.69) is 33.1 Å². The van der Waals surface area contributed by atoms with E-state index in [1.54, 1.807) is 0 Å². The molecule has 0 aromatic rings. The zero-order valence-electron chi connectivity index (χ0n) is 13.3. The third kappa shape index (κ3) is 25.2. The van der Waals surface area contributed by atoms with Crippen LogP contribution in [-0.2, 0) is 29.0 Å². The van der Waals surface area contributed by atoms with Crippen LogP contribution in [0.2, 0.25) is 19.6 Å². The van der Waals surface area contributed by atoms with Crippen molar-refractivity contribution < 1.29 is 29.0 Å². The van der Waals surface area contributed by atoms with E-state index in [0.717, 1.165) is 19.3 Å². The van der Waals surface area contributed by atoms with Crippen LogP contribution in [0.1, 0.15) is 40.0 Å². The van der Waals surface area contributed by atoms with Crippen molar-refractivity contribution >= 4 is 14.0 Å². The first-order chi connectivity index (χ1) is 7.48. The summed E-state index contributed by atoms with van der Waals surface area (Å²) >= 11 is 0. The van der Waals surface area contributed by atoms with Gasteiger partial charge in [-0.1, -0.05) is 26.1 Å². The molecule has 0 aliphatic rings. The Morgan fingerprint density at radius 3 is 1.83 bits per heavy atom. The molecule has 0 saturated heterocycles. The molecule has 0 unspecified atom stereocenters. The molecule has 0 aliphatic heterocycles. The third-order valence-corrected chi connectivity index (χ3v) is 1.49. The molecule has 0 aromatic heterocycles. The van der Waals surface area contributed by atoms with Crippen molar-refractivity contribution in [1.29, 1.82) is 0 Å². The molecule has 0 atom stereocenters. The predicted octanol–water partition coefficient (Wildman–Crippen LogP) is 4.28. The SMILES string of the molecule is [CH2-]CCCCOC(=O)C(C)(C)C.[CH2-][Si](C)(C)C.[Zn+2]. The molecule has 0 N–H and O–H groups in total. The van der Waals surface area contributed by atoms with Gasteiger partial charge in [0.2, 0.25) is 0 Å². The van der Waals surface area contributed by atoms with Gasteiger partial charge in [0.05, 0.1) is 12.0 Å². The normalized spacial score (nSPS) is 10.9. The minimum Gasteiger partial charge on any atom is -0.465 e. The van der Waals surface area contributed by atoms with Gasteiger partial charge in [-0.3, -0.25) is 4.79 Å². The Balaban J connectivity index is -0.000000321. The van der Waals surface area contributed by atoms with Gasteiger partial charge in [0.1, 0.15) is 0 Å². The van der Waals surface area contributed by atoms with Crippen LogP contribution in [0.4, 0.5) is 0 Å². The van der Waals surface area contributed by atoms with Crippen molar-refractivity contribution in [3.63, 3.8) is 0 Å². The van der Waals surface area contributed by atoms with Crippen LogP contribution in [0, 0.1) is 18.9 Å². The van der Waals surface area contributed by atoms with Crippen molar-refractivity contribution in [3.05, 3.63) is 13.5 Å². The summed E-state index contributed by atoms with van der Waals surface area (Å²) in [5.41, 5.74) is -0.371. The standard InChI is InChI=1S/C10H19O2.C4H11Si.Zn/c1-5-6-7-8-12-9(11)10(2,3)4;1-5(2,3)4;/h1,5-8H2,2-4H3;1H2,2-4H3;/q2*-1;+2. The second-order valence-corrected chi connectivity index (χ2v) is 11.6. The topological polar surface area (TPSA) is 26.3 Å². The van der Waals surface area contributed by atoms with E-state index in [9.17, 15) is 4.79 Å². The summed E-state index contributed by atoms with van der Waals surface area (Å²) in [6.45, 7) is 20.4. The Hall–Kier alpha value is 0.310. The maximum atomic E-state index is 11.2. The van der Waals surface area contributed by atoms with E-state index < -0.39 is 8.07 Å². The molecule has 0 aliphatic carbocycles. The Labute approximate surface area is 128 Å². The summed E-state index contributed by atoms with van der Waals surface area (Å²) in [7, 11) is -0.861. The van der Waals surface area contributed by atoms with Gasteiger partial charge in [-0.05, 0) is 27.2 Å². The van der Waals surface area contributed by atoms with Crippen LogP contribution < -0.4 is 0 Å². The molecule has 0 saturated carbocycles. The fourth-order valence-corrected chi connectivity index (χ4v) is 0.660. The second kappa shape index (κ2) is 11.2. The van der Waals surface area contributed by atoms with Gasteiger partial charge in [0.25, 0.3) is 0 Å². The molecular weight excluding hydrogens is 294 g/mol. The number of hydrogen-bond donors (Lipinski definition) is 0. The molecule has 18 heavy (non-hydrogen) atoms. The summed E-state index contributed by atoms with van der Waals surface area (Å²) in [5.74, 6) is -0.119. The molecule has 0 aromatic carbocycles. The minimum atomic E-state index is -0.861. The van der Waals surface area contributed by atoms with Crippen LogP contribution in [0.3, 0.4) is 0 Å². The Bertz CT molecular complexity index is 199. The van der Waals surface area contributed by atoms with Gasteiger partial charge in [0.15, 0.2) is 0 Å². The summed E-state index contributed by atoms with van der Waals surface area (Å²) in [5, 5.41) is 0. The van der Waals surface area contributed by atoms with Gasteiger partial charge in [-0.15, -0.1) is 8.07 Å². The second-order valence-electron chi connectivity index (χ2n) is 6.51. The quantitative estimate of drug-likeness (QED) is 0.334. The molecule has 0 rings (SSSR count). The van der Waals surface area contributed by atoms with Crippen molar-refractivity contribution in [2.45, 2.75) is 59.7 Å². The number of carbonyl (C=O) groups excluding carboxylic acids is 1. The van der Waals surface area contributed by atoms with Crippen molar-refractivity contribution in [2.24, 2.45) is 5.41 Å². The van der Waals surface area contributed by atoms with Crippen molar-refractivity contribution in [2.75, 3.05) is 6.61 Å². The molecule has 0 amide bonds. The zero-order valence-corrected chi connectivity index (χ0v) is 17.2. The summed E-state index contributed by atoms with van der Waals surface area (Å²) in [6.07, 6.45) is 2.86. The first-order valence-electron chi connectivity index (χ1n) is 6.30. The zero-order chi connectivity index (χ0) is 14.1. The monoisotopic (exact) mass is 322 g/mol. The van der Waals surface area contributed by atoms with Crippen molar-refractivity contribution in [1.82, 2.24) is 0 Å². The molecule has 0 fully saturated rings. The minimum absolute atomic E-state index is 0. The molecule has 0 heterocycles. The predicted molar refractivity (Wildman–Crippen MR) is 78.3 cm³/mol. The third-order valence-electron chi connectivity index (χ3n) is 1.49. The number of rotatable bonds is 4. The maximum absolute atomic E-state index is 11.2. The van der Waals surface area contributed by atoms with E-state index in [0.29, 0.717) is 6.61 Å². The maximum Gasteiger partial charge on any atom is 2.00 e. The smallest absolute Gasteiger partial charge is 0.465 e. The molecule has 0 radical (unpaired) electrons. The average molecular weight is 324 g/mol. The van der Waals surface area contributed by atoms with E-state index in [1.807, 2.05) is 20.8 Å². The van der Waals surface area contributed by atoms with E-state index in [-0.39, 0.29) is 30.9 Å². The Morgan fingerprint density at radius 2 is 1.56 bits per heavy atom. The summed E-state index contributed by atoms with van der Waals surface area (Å²) in [4.78, 5) is 11.2. The number of hydrogen-bond acceptors (Lipinski definition) is 2. The fraction of sp³-hybridized carbons (Fsp3) is 0.786. The Kier molecular flexibility index (Phi) is 14.5. The number of carbonyl (C=O) groups is 1. The van der Waals surface area contributed by atoms with Crippen molar-refractivity contribution in [3.8, 4) is 0 Å². The largest absolute Gasteiger partial charge is 2.00 e. The van der Waals surface area contributed by atoms with Gasteiger partial charge < -0.3 is 18.2 Å².